The standard InChI is InChI=1S/C18H21ClN6O3/c1-12-21-23-25(22-12)11-14-10-15(19)4-2-13(14)3-5-17(26)24-8-6-16(7-9-24)20-18(27)28/h2-5,10,16,20H,6-9,11H2,1H3,(H,27,28). The summed E-state index contributed by atoms with van der Waals surface area (Å²) in [5.41, 5.74) is 1.72. The molecular weight excluding hydrogens is 384 g/mol. The zero-order valence-electron chi connectivity index (χ0n) is 15.4. The molecule has 0 unspecified atom stereocenters. The van der Waals surface area contributed by atoms with Gasteiger partial charge in [0.1, 0.15) is 0 Å². The van der Waals surface area contributed by atoms with E-state index >= 15 is 0 Å². The lowest BCUT2D eigenvalue weighted by molar-refractivity contribution is -0.127. The van der Waals surface area contributed by atoms with Gasteiger partial charge >= 0.3 is 6.09 Å². The van der Waals surface area contributed by atoms with E-state index in [0.29, 0.717) is 43.3 Å². The van der Waals surface area contributed by atoms with E-state index in [1.54, 1.807) is 24.0 Å². The van der Waals surface area contributed by atoms with Gasteiger partial charge < -0.3 is 15.3 Å². The van der Waals surface area contributed by atoms with Gasteiger partial charge in [-0.2, -0.15) is 4.80 Å². The molecule has 148 valence electrons. The molecule has 1 fully saturated rings. The van der Waals surface area contributed by atoms with Crippen molar-refractivity contribution >= 4 is 29.7 Å². The number of likely N-dealkylation sites (tertiary alicyclic amines) is 1. The number of benzene rings is 1. The van der Waals surface area contributed by atoms with Crippen LogP contribution in [-0.2, 0) is 11.3 Å². The number of rotatable bonds is 5. The molecule has 0 bridgehead atoms. The molecule has 3 rings (SSSR count). The Labute approximate surface area is 167 Å². The quantitative estimate of drug-likeness (QED) is 0.736. The lowest BCUT2D eigenvalue weighted by atomic mass is 10.0. The molecule has 10 heteroatoms. The zero-order chi connectivity index (χ0) is 20.1. The van der Waals surface area contributed by atoms with Gasteiger partial charge in [-0.25, -0.2) is 4.79 Å². The smallest absolute Gasteiger partial charge is 0.404 e. The average molecular weight is 405 g/mol. The molecule has 2 heterocycles. The summed E-state index contributed by atoms with van der Waals surface area (Å²) in [7, 11) is 0. The first-order valence-corrected chi connectivity index (χ1v) is 9.28. The number of carboxylic acid groups (broad SMARTS) is 1. The number of piperidine rings is 1. The van der Waals surface area contributed by atoms with Crippen molar-refractivity contribution in [3.63, 3.8) is 0 Å². The molecule has 0 aliphatic carbocycles. The van der Waals surface area contributed by atoms with Gasteiger partial charge in [0.15, 0.2) is 5.82 Å². The third-order valence-corrected chi connectivity index (χ3v) is 4.74. The molecular formula is C18H21ClN6O3. The Morgan fingerprint density at radius 1 is 1.36 bits per heavy atom. The van der Waals surface area contributed by atoms with Crippen LogP contribution >= 0.6 is 11.6 Å². The van der Waals surface area contributed by atoms with Crippen molar-refractivity contribution in [2.75, 3.05) is 13.1 Å². The second-order valence-electron chi connectivity index (χ2n) is 6.59. The Kier molecular flexibility index (Phi) is 6.25. The van der Waals surface area contributed by atoms with Gasteiger partial charge in [-0.15, -0.1) is 10.2 Å². The Bertz CT molecular complexity index is 889. The summed E-state index contributed by atoms with van der Waals surface area (Å²) in [5.74, 6) is 0.472. The number of hydrogen-bond acceptors (Lipinski definition) is 5. The van der Waals surface area contributed by atoms with Crippen molar-refractivity contribution in [2.24, 2.45) is 0 Å². The van der Waals surface area contributed by atoms with E-state index in [2.05, 4.69) is 20.7 Å². The number of carbonyl (C=O) groups is 2. The number of nitrogens with zero attached hydrogens (tertiary/aromatic N) is 5. The maximum Gasteiger partial charge on any atom is 0.404 e. The number of carbonyl (C=O) groups excluding carboxylic acids is 1. The predicted octanol–water partition coefficient (Wildman–Crippen LogP) is 1.96. The number of aryl methyl sites for hydroxylation is 1. The van der Waals surface area contributed by atoms with Crippen LogP contribution in [0.2, 0.25) is 5.02 Å². The van der Waals surface area contributed by atoms with Gasteiger partial charge in [0.25, 0.3) is 0 Å². The molecule has 2 amide bonds. The van der Waals surface area contributed by atoms with Crippen LogP contribution < -0.4 is 5.32 Å². The summed E-state index contributed by atoms with van der Waals surface area (Å²) in [5, 5.41) is 23.8. The minimum atomic E-state index is -1.03. The van der Waals surface area contributed by atoms with Crippen molar-refractivity contribution in [1.82, 2.24) is 30.4 Å². The van der Waals surface area contributed by atoms with E-state index in [0.717, 1.165) is 11.1 Å². The largest absolute Gasteiger partial charge is 0.465 e. The molecule has 1 aromatic carbocycles. The molecule has 0 radical (unpaired) electrons. The highest BCUT2D eigenvalue weighted by Gasteiger charge is 2.22. The van der Waals surface area contributed by atoms with Crippen LogP contribution in [0, 0.1) is 6.92 Å². The average Bonchev–Trinajstić information content (AvgIpc) is 3.06. The number of aromatic nitrogens is 4. The number of halogens is 1. The number of amides is 2. The fourth-order valence-corrected chi connectivity index (χ4v) is 3.30. The molecule has 2 aromatic rings. The highest BCUT2D eigenvalue weighted by atomic mass is 35.5. The number of nitrogens with one attached hydrogen (secondary N) is 1. The van der Waals surface area contributed by atoms with Crippen molar-refractivity contribution in [2.45, 2.75) is 32.4 Å². The van der Waals surface area contributed by atoms with E-state index in [-0.39, 0.29) is 11.9 Å². The second-order valence-corrected chi connectivity index (χ2v) is 7.03. The van der Waals surface area contributed by atoms with E-state index in [1.165, 1.54) is 10.9 Å². The van der Waals surface area contributed by atoms with Crippen LogP contribution in [0.4, 0.5) is 4.79 Å². The van der Waals surface area contributed by atoms with Crippen molar-refractivity contribution in [3.8, 4) is 0 Å². The van der Waals surface area contributed by atoms with Crippen LogP contribution in [-0.4, -0.2) is 61.3 Å². The fourth-order valence-electron chi connectivity index (χ4n) is 3.10. The lowest BCUT2D eigenvalue weighted by Gasteiger charge is -2.31. The maximum absolute atomic E-state index is 12.5. The van der Waals surface area contributed by atoms with Gasteiger partial charge in [-0.1, -0.05) is 17.7 Å². The van der Waals surface area contributed by atoms with Gasteiger partial charge in [-0.05, 0) is 54.3 Å². The van der Waals surface area contributed by atoms with Crippen LogP contribution in [0.3, 0.4) is 0 Å². The first kappa shape index (κ1) is 19.8. The Hall–Kier alpha value is -2.94. The summed E-state index contributed by atoms with van der Waals surface area (Å²) in [6.45, 7) is 3.19. The third-order valence-electron chi connectivity index (χ3n) is 4.51. The molecule has 0 atom stereocenters. The van der Waals surface area contributed by atoms with Gasteiger partial charge in [0.2, 0.25) is 5.91 Å². The molecule has 0 spiro atoms. The topological polar surface area (TPSA) is 113 Å². The molecule has 1 aromatic heterocycles. The fraction of sp³-hybridized carbons (Fsp3) is 0.389. The summed E-state index contributed by atoms with van der Waals surface area (Å²) in [4.78, 5) is 26.4. The molecule has 28 heavy (non-hydrogen) atoms. The second kappa shape index (κ2) is 8.83. The number of tetrazole rings is 1. The normalized spacial score (nSPS) is 15.1. The van der Waals surface area contributed by atoms with Gasteiger partial charge in [0.05, 0.1) is 6.54 Å². The maximum atomic E-state index is 12.5. The van der Waals surface area contributed by atoms with Crippen LogP contribution in [0.25, 0.3) is 6.08 Å². The molecule has 0 saturated carbocycles. The summed E-state index contributed by atoms with van der Waals surface area (Å²) in [6.07, 6.45) is 3.46. The predicted molar refractivity (Wildman–Crippen MR) is 103 cm³/mol. The third kappa shape index (κ3) is 5.29. The Balaban J connectivity index is 1.65. The van der Waals surface area contributed by atoms with Crippen molar-refractivity contribution in [1.29, 1.82) is 0 Å². The molecule has 1 saturated heterocycles. The summed E-state index contributed by atoms with van der Waals surface area (Å²) in [6, 6.07) is 5.31. The van der Waals surface area contributed by atoms with Crippen LogP contribution in [0.15, 0.2) is 24.3 Å². The minimum absolute atomic E-state index is 0.105. The first-order chi connectivity index (χ1) is 13.4. The van der Waals surface area contributed by atoms with Gasteiger partial charge in [-0.3, -0.25) is 4.79 Å². The number of hydrogen-bond donors (Lipinski definition) is 2. The molecule has 1 aliphatic heterocycles. The minimum Gasteiger partial charge on any atom is -0.465 e. The monoisotopic (exact) mass is 404 g/mol. The Morgan fingerprint density at radius 3 is 2.75 bits per heavy atom. The van der Waals surface area contributed by atoms with E-state index in [9.17, 15) is 9.59 Å². The SMILES string of the molecule is Cc1nnn(Cc2cc(Cl)ccc2C=CC(=O)N2CCC(NC(=O)O)CC2)n1. The summed E-state index contributed by atoms with van der Waals surface area (Å²) >= 11 is 6.11. The zero-order valence-corrected chi connectivity index (χ0v) is 16.1. The Morgan fingerprint density at radius 2 is 2.11 bits per heavy atom. The summed E-state index contributed by atoms with van der Waals surface area (Å²) < 4.78 is 0. The molecule has 2 N–H and O–H groups in total. The van der Waals surface area contributed by atoms with Crippen LogP contribution in [0.1, 0.15) is 29.8 Å². The highest BCUT2D eigenvalue weighted by Crippen LogP contribution is 2.19. The first-order valence-electron chi connectivity index (χ1n) is 8.90. The highest BCUT2D eigenvalue weighted by molar-refractivity contribution is 6.30. The molecule has 9 nitrogen and oxygen atoms in total. The van der Waals surface area contributed by atoms with Crippen LogP contribution in [0.5, 0.6) is 0 Å². The molecule has 1 aliphatic rings. The van der Waals surface area contributed by atoms with Crippen molar-refractivity contribution in [3.05, 3.63) is 46.2 Å². The van der Waals surface area contributed by atoms with E-state index < -0.39 is 6.09 Å². The van der Waals surface area contributed by atoms with E-state index in [1.807, 2.05) is 12.1 Å². The lowest BCUT2D eigenvalue weighted by Crippen LogP contribution is -2.45. The van der Waals surface area contributed by atoms with Gasteiger partial charge in [0, 0.05) is 30.2 Å². The van der Waals surface area contributed by atoms with Crippen molar-refractivity contribution < 1.29 is 14.7 Å². The van der Waals surface area contributed by atoms with E-state index in [4.69, 9.17) is 16.7 Å².